The first kappa shape index (κ1) is 22.8. The molecule has 0 amide bonds. The second-order valence-electron chi connectivity index (χ2n) is 9.43. The average molecular weight is 473 g/mol. The number of aliphatic hydroxyl groups excluding tert-OH is 1. The Bertz CT molecular complexity index is 1230. The van der Waals surface area contributed by atoms with Crippen molar-refractivity contribution < 1.29 is 32.9 Å². The Morgan fingerprint density at radius 3 is 2.65 bits per heavy atom. The van der Waals surface area contributed by atoms with Crippen molar-refractivity contribution in [1.29, 1.82) is 0 Å². The van der Waals surface area contributed by atoms with E-state index in [1.165, 1.54) is 6.07 Å². The number of rotatable bonds is 6. The summed E-state index contributed by atoms with van der Waals surface area (Å²) in [5, 5.41) is 19.9. The maximum Gasteiger partial charge on any atom is 0.416 e. The van der Waals surface area contributed by atoms with Gasteiger partial charge in [-0.1, -0.05) is 12.1 Å². The number of carboxylic acid groups (broad SMARTS) is 1. The van der Waals surface area contributed by atoms with Gasteiger partial charge in [0.2, 0.25) is 0 Å². The molecule has 0 bridgehead atoms. The quantitative estimate of drug-likeness (QED) is 0.416. The summed E-state index contributed by atoms with van der Waals surface area (Å²) in [5.74, 6) is -0.601. The molecule has 1 aromatic heterocycles. The second kappa shape index (κ2) is 8.65. The van der Waals surface area contributed by atoms with Crippen LogP contribution in [0, 0.1) is 0 Å². The fourth-order valence-electron chi connectivity index (χ4n) is 5.53. The number of aliphatic hydroxyl groups is 1. The van der Waals surface area contributed by atoms with Crippen LogP contribution >= 0.6 is 0 Å². The van der Waals surface area contributed by atoms with Crippen LogP contribution in [0.4, 0.5) is 13.2 Å². The first-order valence-corrected chi connectivity index (χ1v) is 11.6. The first-order valence-electron chi connectivity index (χ1n) is 11.6. The molecule has 2 aliphatic rings. The number of carbonyl (C=O) groups is 1. The number of ether oxygens (including phenoxy) is 1. The number of nitrogens with one attached hydrogen (secondary N) is 1. The van der Waals surface area contributed by atoms with Gasteiger partial charge in [-0.2, -0.15) is 13.2 Å². The van der Waals surface area contributed by atoms with Gasteiger partial charge >= 0.3 is 12.1 Å². The van der Waals surface area contributed by atoms with E-state index in [1.807, 2.05) is 12.1 Å². The van der Waals surface area contributed by atoms with Crippen molar-refractivity contribution in [2.45, 2.75) is 69.2 Å². The number of halogens is 3. The number of fused-ring (bicyclic) bond motifs is 3. The van der Waals surface area contributed by atoms with E-state index < -0.39 is 23.8 Å². The highest BCUT2D eigenvalue weighted by Gasteiger charge is 2.37. The standard InChI is InChI=1S/C26H26F3NO4/c27-26(28,29)22-9-14(1-6-19(22)15-2-4-17(31)10-15)13-34-18-5-8-23-21(12-18)20-7-3-16(11-24(32)33)25(20)30-23/h1,5-6,8-9,12,15-17,30-31H,2-4,7,10-11,13H2,(H,32,33)/t15-,16+,17-/m0/s1. The smallest absolute Gasteiger partial charge is 0.416 e. The van der Waals surface area contributed by atoms with E-state index in [0.717, 1.165) is 41.1 Å². The number of hydrogen-bond acceptors (Lipinski definition) is 3. The summed E-state index contributed by atoms with van der Waals surface area (Å²) in [6, 6.07) is 9.83. The first-order chi connectivity index (χ1) is 16.2. The van der Waals surface area contributed by atoms with Crippen molar-refractivity contribution in [2.24, 2.45) is 0 Å². The van der Waals surface area contributed by atoms with Crippen molar-refractivity contribution in [2.75, 3.05) is 0 Å². The normalized spacial score (nSPS) is 22.3. The number of aryl methyl sites for hydroxylation is 1. The molecule has 0 aliphatic heterocycles. The number of hydrogen-bond donors (Lipinski definition) is 3. The number of alkyl halides is 3. The van der Waals surface area contributed by atoms with E-state index >= 15 is 0 Å². The van der Waals surface area contributed by atoms with Crippen molar-refractivity contribution in [1.82, 2.24) is 4.98 Å². The SMILES string of the molecule is O=C(O)C[C@H]1CCc2c1[nH]c1ccc(OCc3ccc([C@H]4CC[C@H](O)C4)c(C(F)(F)F)c3)cc21. The minimum absolute atomic E-state index is 0.00356. The Labute approximate surface area is 194 Å². The van der Waals surface area contributed by atoms with E-state index in [-0.39, 0.29) is 30.4 Å². The molecule has 180 valence electrons. The van der Waals surface area contributed by atoms with Gasteiger partial charge in [-0.05, 0) is 79.0 Å². The van der Waals surface area contributed by atoms with Gasteiger partial charge in [0.1, 0.15) is 12.4 Å². The van der Waals surface area contributed by atoms with Crippen LogP contribution in [0.15, 0.2) is 36.4 Å². The van der Waals surface area contributed by atoms with E-state index in [9.17, 15) is 23.1 Å². The van der Waals surface area contributed by atoms with Crippen LogP contribution in [0.25, 0.3) is 10.9 Å². The molecule has 8 heteroatoms. The molecule has 5 rings (SSSR count). The molecule has 34 heavy (non-hydrogen) atoms. The van der Waals surface area contributed by atoms with Crippen LogP contribution in [0.3, 0.4) is 0 Å². The minimum atomic E-state index is -4.48. The Kier molecular flexibility index (Phi) is 5.80. The Morgan fingerprint density at radius 2 is 1.94 bits per heavy atom. The van der Waals surface area contributed by atoms with Gasteiger partial charge in [0.05, 0.1) is 18.1 Å². The number of aromatic nitrogens is 1. The summed E-state index contributed by atoms with van der Waals surface area (Å²) in [6.07, 6.45) is -1.95. The highest BCUT2D eigenvalue weighted by atomic mass is 19.4. The van der Waals surface area contributed by atoms with Crippen LogP contribution < -0.4 is 4.74 Å². The van der Waals surface area contributed by atoms with E-state index in [2.05, 4.69) is 4.98 Å². The van der Waals surface area contributed by atoms with Crippen molar-refractivity contribution in [3.05, 3.63) is 64.3 Å². The molecule has 1 fully saturated rings. The van der Waals surface area contributed by atoms with Gasteiger partial charge in [0.15, 0.2) is 0 Å². The predicted molar refractivity (Wildman–Crippen MR) is 120 cm³/mol. The molecule has 3 aromatic rings. The Balaban J connectivity index is 1.35. The lowest BCUT2D eigenvalue weighted by Crippen LogP contribution is -2.13. The molecule has 5 nitrogen and oxygen atoms in total. The van der Waals surface area contributed by atoms with Crippen LogP contribution in [0.5, 0.6) is 5.75 Å². The Morgan fingerprint density at radius 1 is 1.12 bits per heavy atom. The zero-order valence-corrected chi connectivity index (χ0v) is 18.5. The van der Waals surface area contributed by atoms with Gasteiger partial charge in [-0.3, -0.25) is 4.79 Å². The summed E-state index contributed by atoms with van der Waals surface area (Å²) in [7, 11) is 0. The fraction of sp³-hybridized carbons (Fsp3) is 0.423. The third kappa shape index (κ3) is 4.39. The van der Waals surface area contributed by atoms with E-state index in [1.54, 1.807) is 12.1 Å². The van der Waals surface area contributed by atoms with Crippen LogP contribution in [-0.4, -0.2) is 27.3 Å². The zero-order chi connectivity index (χ0) is 24.0. The molecule has 2 aromatic carbocycles. The minimum Gasteiger partial charge on any atom is -0.489 e. The molecule has 1 saturated carbocycles. The third-order valence-corrected chi connectivity index (χ3v) is 7.16. The van der Waals surface area contributed by atoms with E-state index in [4.69, 9.17) is 9.84 Å². The summed E-state index contributed by atoms with van der Waals surface area (Å²) in [5.41, 5.74) is 2.96. The number of aliphatic carboxylic acids is 1. The van der Waals surface area contributed by atoms with Gasteiger partial charge in [-0.25, -0.2) is 0 Å². The topological polar surface area (TPSA) is 82.5 Å². The van der Waals surface area contributed by atoms with Crippen molar-refractivity contribution >= 4 is 16.9 Å². The molecule has 0 unspecified atom stereocenters. The molecule has 3 atom stereocenters. The Hall–Kier alpha value is -3.00. The van der Waals surface area contributed by atoms with Gasteiger partial charge in [0, 0.05) is 22.5 Å². The summed E-state index contributed by atoms with van der Waals surface area (Å²) < 4.78 is 47.2. The highest BCUT2D eigenvalue weighted by Crippen LogP contribution is 2.43. The van der Waals surface area contributed by atoms with Crippen LogP contribution in [0.2, 0.25) is 0 Å². The number of benzene rings is 2. The summed E-state index contributed by atoms with van der Waals surface area (Å²) in [4.78, 5) is 14.5. The van der Waals surface area contributed by atoms with Crippen molar-refractivity contribution in [3.63, 3.8) is 0 Å². The molecular weight excluding hydrogens is 447 g/mol. The number of aromatic amines is 1. The highest BCUT2D eigenvalue weighted by molar-refractivity contribution is 5.87. The predicted octanol–water partition coefficient (Wildman–Crippen LogP) is 5.90. The maximum atomic E-state index is 13.8. The number of carboxylic acids is 1. The average Bonchev–Trinajstić information content (AvgIpc) is 3.47. The van der Waals surface area contributed by atoms with E-state index in [0.29, 0.717) is 30.6 Å². The van der Waals surface area contributed by atoms with Crippen LogP contribution in [-0.2, 0) is 24.0 Å². The largest absolute Gasteiger partial charge is 0.489 e. The monoisotopic (exact) mass is 473 g/mol. The fourth-order valence-corrected chi connectivity index (χ4v) is 5.53. The second-order valence-corrected chi connectivity index (χ2v) is 9.43. The van der Waals surface area contributed by atoms with Gasteiger partial charge < -0.3 is 19.9 Å². The molecule has 2 aliphatic carbocycles. The third-order valence-electron chi connectivity index (χ3n) is 7.16. The van der Waals surface area contributed by atoms with Crippen molar-refractivity contribution in [3.8, 4) is 5.75 Å². The lowest BCUT2D eigenvalue weighted by Gasteiger charge is -2.19. The molecule has 0 radical (unpaired) electrons. The lowest BCUT2D eigenvalue weighted by atomic mass is 9.91. The zero-order valence-electron chi connectivity index (χ0n) is 18.5. The molecule has 3 N–H and O–H groups in total. The lowest BCUT2D eigenvalue weighted by molar-refractivity contribution is -0.139. The summed E-state index contributed by atoms with van der Waals surface area (Å²) >= 11 is 0. The van der Waals surface area contributed by atoms with Gasteiger partial charge in [0.25, 0.3) is 0 Å². The van der Waals surface area contributed by atoms with Gasteiger partial charge in [-0.15, -0.1) is 0 Å². The molecule has 1 heterocycles. The van der Waals surface area contributed by atoms with Crippen LogP contribution in [0.1, 0.15) is 71.9 Å². The molecule has 0 spiro atoms. The molecule has 0 saturated heterocycles. The molecular formula is C26H26F3NO4. The maximum absolute atomic E-state index is 13.8. The summed E-state index contributed by atoms with van der Waals surface area (Å²) in [6.45, 7) is -0.00356. The number of H-pyrrole nitrogens is 1.